The molecule has 1 aromatic heterocycles. The Morgan fingerprint density at radius 2 is 2.35 bits per heavy atom. The first-order valence-corrected chi connectivity index (χ1v) is 7.23. The number of fused-ring (bicyclic) bond motifs is 1. The van der Waals surface area contributed by atoms with Crippen molar-refractivity contribution in [2.24, 2.45) is 0 Å². The number of rotatable bonds is 4. The van der Waals surface area contributed by atoms with E-state index in [0.717, 1.165) is 5.75 Å². The van der Waals surface area contributed by atoms with Crippen LogP contribution < -0.4 is 5.73 Å². The number of esters is 1. The van der Waals surface area contributed by atoms with Crippen LogP contribution in [-0.2, 0) is 16.1 Å². The van der Waals surface area contributed by atoms with Crippen LogP contribution in [0, 0.1) is 0 Å². The van der Waals surface area contributed by atoms with Gasteiger partial charge in [0.05, 0.1) is 6.61 Å². The molecule has 104 valence electrons. The molecular formula is C13H14N4O2S. The minimum atomic E-state index is -0.329. The van der Waals surface area contributed by atoms with Gasteiger partial charge in [-0.15, -0.1) is 16.9 Å². The van der Waals surface area contributed by atoms with Crippen molar-refractivity contribution in [2.75, 3.05) is 18.1 Å². The third-order valence-corrected chi connectivity index (χ3v) is 4.34. The number of hydrogen-bond acceptors (Lipinski definition) is 6. The van der Waals surface area contributed by atoms with Crippen LogP contribution in [0.3, 0.4) is 0 Å². The molecule has 2 N–H and O–H groups in total. The van der Waals surface area contributed by atoms with Gasteiger partial charge in [0.1, 0.15) is 12.9 Å². The second-order valence-corrected chi connectivity index (χ2v) is 5.59. The van der Waals surface area contributed by atoms with Gasteiger partial charge in [-0.25, -0.2) is 9.67 Å². The maximum atomic E-state index is 11.7. The van der Waals surface area contributed by atoms with Crippen LogP contribution in [0.1, 0.15) is 11.5 Å². The van der Waals surface area contributed by atoms with Gasteiger partial charge in [0.15, 0.2) is 0 Å². The van der Waals surface area contributed by atoms with E-state index >= 15 is 0 Å². The number of nitrogens with two attached hydrogens (primary N) is 1. The van der Waals surface area contributed by atoms with Crippen molar-refractivity contribution in [1.29, 1.82) is 0 Å². The summed E-state index contributed by atoms with van der Waals surface area (Å²) in [6.45, 7) is 0.429. The average Bonchev–Trinajstić information content (AvgIpc) is 3.03. The fourth-order valence-electron chi connectivity index (χ4n) is 2.12. The third-order valence-electron chi connectivity index (χ3n) is 3.09. The summed E-state index contributed by atoms with van der Waals surface area (Å²) in [6.07, 6.45) is 1.41. The normalized spacial score (nSPS) is 16.9. The van der Waals surface area contributed by atoms with E-state index in [1.54, 1.807) is 11.8 Å². The smallest absolute Gasteiger partial charge is 0.327 e. The van der Waals surface area contributed by atoms with E-state index in [0.29, 0.717) is 6.61 Å². The van der Waals surface area contributed by atoms with Crippen molar-refractivity contribution >= 4 is 23.7 Å². The molecule has 1 unspecified atom stereocenters. The van der Waals surface area contributed by atoms with Crippen LogP contribution in [0.2, 0.25) is 0 Å². The Morgan fingerprint density at radius 3 is 3.15 bits per heavy atom. The fourth-order valence-corrected chi connectivity index (χ4v) is 3.36. The summed E-state index contributed by atoms with van der Waals surface area (Å²) in [4.78, 5) is 16.8. The number of ether oxygens (including phenoxy) is 1. The van der Waals surface area contributed by atoms with Crippen LogP contribution in [0.15, 0.2) is 35.5 Å². The van der Waals surface area contributed by atoms with Gasteiger partial charge in [-0.3, -0.25) is 4.79 Å². The Bertz CT molecular complexity index is 628. The Kier molecular flexibility index (Phi) is 3.60. The monoisotopic (exact) mass is 290 g/mol. The van der Waals surface area contributed by atoms with Gasteiger partial charge in [-0.2, -0.15) is 0 Å². The van der Waals surface area contributed by atoms with Gasteiger partial charge in [0.2, 0.25) is 5.95 Å². The Labute approximate surface area is 120 Å². The number of benzene rings is 1. The molecular weight excluding hydrogens is 276 g/mol. The van der Waals surface area contributed by atoms with E-state index < -0.39 is 0 Å². The number of carbonyl (C=O) groups is 1. The Balaban J connectivity index is 1.54. The lowest BCUT2D eigenvalue weighted by atomic mass is 10.0. The van der Waals surface area contributed by atoms with Crippen molar-refractivity contribution < 1.29 is 9.53 Å². The molecule has 0 saturated carbocycles. The second kappa shape index (κ2) is 5.54. The van der Waals surface area contributed by atoms with E-state index in [4.69, 9.17) is 10.5 Å². The van der Waals surface area contributed by atoms with Gasteiger partial charge < -0.3 is 10.5 Å². The first kappa shape index (κ1) is 13.0. The topological polar surface area (TPSA) is 83.0 Å². The van der Waals surface area contributed by atoms with Crippen molar-refractivity contribution in [3.63, 3.8) is 0 Å². The quantitative estimate of drug-likeness (QED) is 0.854. The zero-order valence-electron chi connectivity index (χ0n) is 10.7. The highest BCUT2D eigenvalue weighted by atomic mass is 32.2. The zero-order valence-corrected chi connectivity index (χ0v) is 11.5. The van der Waals surface area contributed by atoms with E-state index in [9.17, 15) is 4.79 Å². The molecule has 20 heavy (non-hydrogen) atoms. The molecule has 0 fully saturated rings. The van der Waals surface area contributed by atoms with Crippen LogP contribution in [0.25, 0.3) is 0 Å². The molecule has 1 atom stereocenters. The molecule has 2 aromatic rings. The molecule has 7 heteroatoms. The second-order valence-electron chi connectivity index (χ2n) is 4.53. The molecule has 3 rings (SSSR count). The summed E-state index contributed by atoms with van der Waals surface area (Å²) in [6, 6.07) is 8.22. The largest absolute Gasteiger partial charge is 0.464 e. The number of carbonyl (C=O) groups excluding carboxylic acids is 1. The number of hydrogen-bond donors (Lipinski definition) is 1. The van der Waals surface area contributed by atoms with Gasteiger partial charge >= 0.3 is 5.97 Å². The minimum Gasteiger partial charge on any atom is -0.464 e. The van der Waals surface area contributed by atoms with E-state index in [2.05, 4.69) is 22.2 Å². The highest BCUT2D eigenvalue weighted by Crippen LogP contribution is 2.39. The van der Waals surface area contributed by atoms with Crippen molar-refractivity contribution in [3.8, 4) is 0 Å². The molecule has 0 saturated heterocycles. The number of nitrogen functional groups attached to an aromatic ring is 1. The van der Waals surface area contributed by atoms with Gasteiger partial charge in [-0.05, 0) is 11.6 Å². The van der Waals surface area contributed by atoms with E-state index in [1.165, 1.54) is 21.5 Å². The molecule has 0 amide bonds. The standard InChI is InChI=1S/C13H14N4O2S/c14-13-15-8-17(16-13)5-12(18)19-6-9-7-20-11-4-2-1-3-10(9)11/h1-4,8-9H,5-7H2,(H2,14,16). The summed E-state index contributed by atoms with van der Waals surface area (Å²) >= 11 is 1.80. The van der Waals surface area contributed by atoms with Crippen molar-refractivity contribution in [3.05, 3.63) is 36.2 Å². The summed E-state index contributed by atoms with van der Waals surface area (Å²) in [5.41, 5.74) is 6.64. The summed E-state index contributed by atoms with van der Waals surface area (Å²) < 4.78 is 6.68. The molecule has 0 aliphatic carbocycles. The third kappa shape index (κ3) is 2.77. The first-order valence-electron chi connectivity index (χ1n) is 6.24. The molecule has 6 nitrogen and oxygen atoms in total. The molecule has 0 bridgehead atoms. The highest BCUT2D eigenvalue weighted by Gasteiger charge is 2.24. The summed E-state index contributed by atoms with van der Waals surface area (Å²) in [5.74, 6) is 1.03. The highest BCUT2D eigenvalue weighted by molar-refractivity contribution is 7.99. The Hall–Kier alpha value is -2.02. The predicted molar refractivity (Wildman–Crippen MR) is 75.3 cm³/mol. The zero-order chi connectivity index (χ0) is 13.9. The number of anilines is 1. The molecule has 1 aliphatic rings. The molecule has 0 spiro atoms. The SMILES string of the molecule is Nc1ncn(CC(=O)OCC2CSc3ccccc32)n1. The Morgan fingerprint density at radius 1 is 1.50 bits per heavy atom. The molecule has 0 radical (unpaired) electrons. The van der Waals surface area contributed by atoms with E-state index in [1.807, 2.05) is 12.1 Å². The van der Waals surface area contributed by atoms with Crippen molar-refractivity contribution in [1.82, 2.24) is 14.8 Å². The minimum absolute atomic E-state index is 0.0334. The average molecular weight is 290 g/mol. The number of aromatic nitrogens is 3. The number of thioether (sulfide) groups is 1. The van der Waals surface area contributed by atoms with Gasteiger partial charge in [0, 0.05) is 16.6 Å². The van der Waals surface area contributed by atoms with Crippen LogP contribution in [0.4, 0.5) is 5.95 Å². The van der Waals surface area contributed by atoms with Crippen molar-refractivity contribution in [2.45, 2.75) is 17.4 Å². The summed E-state index contributed by atoms with van der Waals surface area (Å²) in [5, 5.41) is 3.84. The summed E-state index contributed by atoms with van der Waals surface area (Å²) in [7, 11) is 0. The maximum Gasteiger partial charge on any atom is 0.327 e. The molecule has 2 heterocycles. The van der Waals surface area contributed by atoms with Gasteiger partial charge in [0.25, 0.3) is 0 Å². The lowest BCUT2D eigenvalue weighted by molar-refractivity contribution is -0.145. The lowest BCUT2D eigenvalue weighted by Gasteiger charge is -2.11. The molecule has 1 aliphatic heterocycles. The van der Waals surface area contributed by atoms with Gasteiger partial charge in [-0.1, -0.05) is 18.2 Å². The maximum absolute atomic E-state index is 11.7. The fraction of sp³-hybridized carbons (Fsp3) is 0.308. The van der Waals surface area contributed by atoms with E-state index in [-0.39, 0.29) is 24.4 Å². The van der Waals surface area contributed by atoms with Crippen LogP contribution in [-0.4, -0.2) is 33.1 Å². The lowest BCUT2D eigenvalue weighted by Crippen LogP contribution is -2.18. The van der Waals surface area contributed by atoms with Crippen LogP contribution in [0.5, 0.6) is 0 Å². The van der Waals surface area contributed by atoms with Crippen LogP contribution >= 0.6 is 11.8 Å². The number of nitrogens with zero attached hydrogens (tertiary/aromatic N) is 3. The first-order chi connectivity index (χ1) is 9.72. The molecule has 1 aromatic carbocycles. The predicted octanol–water partition coefficient (Wildman–Crippen LogP) is 1.29.